The van der Waals surface area contributed by atoms with Crippen molar-refractivity contribution in [1.82, 2.24) is 29.6 Å². The standard InChI is InChI=1S/C36H41BrN8O5/c1-6-7-8-23-24-14-27(34(48)42-33-19(4)9-12-28(37)41-33)45(32(23)24)29(47)17-44-26-11-10-21(13-25(26)31(43-44)20(5)46)22-15-39-36(40-16-22)50-35(49)30(38)18(2)3/h9-13,15-16,18,23-24,27,30,32H,6-8,14,17,38H2,1-5H3,(H,41,42,48)/t23?,24-,27-,30-,32+/m0/s1. The zero-order chi connectivity index (χ0) is 35.9. The van der Waals surface area contributed by atoms with Gasteiger partial charge in [0.15, 0.2) is 5.78 Å². The summed E-state index contributed by atoms with van der Waals surface area (Å²) in [5.41, 5.74) is 8.84. The van der Waals surface area contributed by atoms with Crippen LogP contribution >= 0.6 is 15.9 Å². The Morgan fingerprint density at radius 3 is 2.52 bits per heavy atom. The van der Waals surface area contributed by atoms with Crippen molar-refractivity contribution < 1.29 is 23.9 Å². The molecule has 0 bridgehead atoms. The number of nitrogens with one attached hydrogen (secondary N) is 1. The quantitative estimate of drug-likeness (QED) is 0.113. The fourth-order valence-corrected chi connectivity index (χ4v) is 7.17. The Morgan fingerprint density at radius 2 is 1.84 bits per heavy atom. The number of esters is 1. The minimum atomic E-state index is -0.797. The van der Waals surface area contributed by atoms with Crippen LogP contribution in [0, 0.1) is 24.7 Å². The number of piperidine rings is 1. The number of Topliss-reactive ketones (excluding diaryl/α,β-unsaturated/α-hetero) is 1. The van der Waals surface area contributed by atoms with E-state index >= 15 is 0 Å². The highest BCUT2D eigenvalue weighted by molar-refractivity contribution is 9.10. The van der Waals surface area contributed by atoms with Crippen molar-refractivity contribution in [2.45, 2.75) is 85.0 Å². The second kappa shape index (κ2) is 14.4. The number of fused-ring (bicyclic) bond motifs is 2. The van der Waals surface area contributed by atoms with Crippen LogP contribution in [0.2, 0.25) is 0 Å². The minimum Gasteiger partial charge on any atom is -0.390 e. The van der Waals surface area contributed by atoms with Crippen LogP contribution < -0.4 is 15.8 Å². The third-order valence-corrected chi connectivity index (χ3v) is 10.2. The van der Waals surface area contributed by atoms with Crippen LogP contribution in [-0.2, 0) is 20.9 Å². The number of hydrogen-bond donors (Lipinski definition) is 2. The number of benzene rings is 1. The van der Waals surface area contributed by atoms with E-state index in [1.165, 1.54) is 19.3 Å². The first-order valence-electron chi connectivity index (χ1n) is 16.9. The highest BCUT2D eigenvalue weighted by Crippen LogP contribution is 2.56. The molecule has 5 atom stereocenters. The van der Waals surface area contributed by atoms with E-state index in [9.17, 15) is 19.2 Å². The normalized spacial score (nSPS) is 20.1. The van der Waals surface area contributed by atoms with Crippen LogP contribution in [0.25, 0.3) is 22.0 Å². The van der Waals surface area contributed by atoms with Crippen molar-refractivity contribution in [2.24, 2.45) is 23.5 Å². The number of rotatable bonds is 12. The fraction of sp³-hybridized carbons (Fsp3) is 0.444. The lowest BCUT2D eigenvalue weighted by Crippen LogP contribution is -2.47. The number of amides is 2. The first kappa shape index (κ1) is 35.3. The van der Waals surface area contributed by atoms with Crippen molar-refractivity contribution in [3.63, 3.8) is 0 Å². The molecule has 262 valence electrons. The number of aromatic nitrogens is 5. The van der Waals surface area contributed by atoms with Gasteiger partial charge in [0.05, 0.1) is 5.52 Å². The van der Waals surface area contributed by atoms with Crippen LogP contribution in [0.3, 0.4) is 0 Å². The van der Waals surface area contributed by atoms with Crippen LogP contribution in [-0.4, -0.2) is 71.3 Å². The van der Waals surface area contributed by atoms with Gasteiger partial charge in [-0.15, -0.1) is 0 Å². The molecule has 3 aromatic heterocycles. The predicted octanol–water partition coefficient (Wildman–Crippen LogP) is 5.09. The SMILES string of the molecule is CCCCC1[C@@H]2[C@H]1C[C@@H](C(=O)Nc1nc(Br)ccc1C)N2C(=O)Cn1nc(C(C)=O)c2cc(-c3cnc(OC(=O)[C@@H](N)C(C)C)nc3)ccc21. The van der Waals surface area contributed by atoms with Crippen molar-refractivity contribution >= 4 is 56.2 Å². The molecule has 6 rings (SSSR count). The second-order valence-electron chi connectivity index (χ2n) is 13.5. The lowest BCUT2D eigenvalue weighted by molar-refractivity contribution is -0.139. The van der Waals surface area contributed by atoms with Gasteiger partial charge in [-0.2, -0.15) is 5.10 Å². The van der Waals surface area contributed by atoms with E-state index in [-0.39, 0.29) is 53.7 Å². The number of carbonyl (C=O) groups excluding carboxylic acids is 4. The van der Waals surface area contributed by atoms with Crippen molar-refractivity contribution in [1.29, 1.82) is 0 Å². The Labute approximate surface area is 298 Å². The van der Waals surface area contributed by atoms with E-state index in [1.807, 2.05) is 39.0 Å². The number of ether oxygens (including phenoxy) is 1. The zero-order valence-electron chi connectivity index (χ0n) is 28.7. The van der Waals surface area contributed by atoms with E-state index in [2.05, 4.69) is 48.2 Å². The molecule has 3 N–H and O–H groups in total. The van der Waals surface area contributed by atoms with Gasteiger partial charge in [0.1, 0.15) is 34.7 Å². The summed E-state index contributed by atoms with van der Waals surface area (Å²) in [6.45, 7) is 8.95. The van der Waals surface area contributed by atoms with Gasteiger partial charge in [-0.05, 0) is 82.8 Å². The molecule has 1 aliphatic heterocycles. The summed E-state index contributed by atoms with van der Waals surface area (Å²) in [6, 6.07) is 7.55. The maximum Gasteiger partial charge on any atom is 0.330 e. The highest BCUT2D eigenvalue weighted by Gasteiger charge is 2.63. The average Bonchev–Trinajstić information content (AvgIpc) is 3.40. The fourth-order valence-electron chi connectivity index (χ4n) is 6.86. The molecule has 0 radical (unpaired) electrons. The molecule has 1 aliphatic carbocycles. The Bertz CT molecular complexity index is 1960. The number of hydrogen-bond acceptors (Lipinski definition) is 10. The first-order chi connectivity index (χ1) is 23.9. The molecule has 4 heterocycles. The first-order valence-corrected chi connectivity index (χ1v) is 17.7. The van der Waals surface area contributed by atoms with E-state index in [0.29, 0.717) is 44.8 Å². The zero-order valence-corrected chi connectivity index (χ0v) is 30.3. The van der Waals surface area contributed by atoms with Gasteiger partial charge in [0, 0.05) is 36.3 Å². The monoisotopic (exact) mass is 744 g/mol. The van der Waals surface area contributed by atoms with Gasteiger partial charge in [-0.1, -0.05) is 45.7 Å². The topological polar surface area (TPSA) is 175 Å². The van der Waals surface area contributed by atoms with Crippen LogP contribution in [0.1, 0.15) is 69.4 Å². The Kier molecular flexibility index (Phi) is 10.1. The highest BCUT2D eigenvalue weighted by atomic mass is 79.9. The van der Waals surface area contributed by atoms with E-state index in [0.717, 1.165) is 24.8 Å². The average molecular weight is 746 g/mol. The van der Waals surface area contributed by atoms with Gasteiger partial charge in [0.25, 0.3) is 0 Å². The molecule has 2 amide bonds. The summed E-state index contributed by atoms with van der Waals surface area (Å²) in [5, 5.41) is 8.10. The van der Waals surface area contributed by atoms with Gasteiger partial charge >= 0.3 is 12.0 Å². The number of unbranched alkanes of at least 4 members (excludes halogenated alkanes) is 1. The number of pyridine rings is 1. The molecular formula is C36H41BrN8O5. The number of nitrogens with zero attached hydrogens (tertiary/aromatic N) is 6. The number of ketones is 1. The molecule has 1 aromatic carbocycles. The second-order valence-corrected chi connectivity index (χ2v) is 14.4. The van der Waals surface area contributed by atoms with Crippen LogP contribution in [0.15, 0.2) is 47.3 Å². The number of likely N-dealkylation sites (tertiary alicyclic amines) is 1. The molecule has 2 fully saturated rings. The van der Waals surface area contributed by atoms with Crippen molar-refractivity contribution in [2.75, 3.05) is 5.32 Å². The molecule has 14 heteroatoms. The molecule has 4 aromatic rings. The molecular weight excluding hydrogens is 704 g/mol. The Balaban J connectivity index is 1.24. The van der Waals surface area contributed by atoms with Crippen LogP contribution in [0.5, 0.6) is 6.01 Å². The molecule has 13 nitrogen and oxygen atoms in total. The number of aryl methyl sites for hydroxylation is 1. The molecule has 1 saturated heterocycles. The van der Waals surface area contributed by atoms with Gasteiger partial charge in [-0.3, -0.25) is 19.1 Å². The third-order valence-electron chi connectivity index (χ3n) is 9.74. The van der Waals surface area contributed by atoms with Crippen molar-refractivity contribution in [3.8, 4) is 17.1 Å². The molecule has 1 unspecified atom stereocenters. The number of anilines is 1. The minimum absolute atomic E-state index is 0.00886. The Hall–Kier alpha value is -4.56. The van der Waals surface area contributed by atoms with Crippen molar-refractivity contribution in [3.05, 3.63) is 58.6 Å². The van der Waals surface area contributed by atoms with E-state index < -0.39 is 18.1 Å². The number of carbonyl (C=O) groups is 4. The Morgan fingerprint density at radius 1 is 1.10 bits per heavy atom. The maximum atomic E-state index is 14.2. The largest absolute Gasteiger partial charge is 0.390 e. The lowest BCUT2D eigenvalue weighted by atomic mass is 10.0. The number of halogens is 1. The lowest BCUT2D eigenvalue weighted by Gasteiger charge is -2.28. The molecule has 0 spiro atoms. The third kappa shape index (κ3) is 7.04. The molecule has 1 saturated carbocycles. The molecule has 2 aliphatic rings. The van der Waals surface area contributed by atoms with E-state index in [1.54, 1.807) is 21.7 Å². The van der Waals surface area contributed by atoms with Crippen LogP contribution in [0.4, 0.5) is 5.82 Å². The van der Waals surface area contributed by atoms with Gasteiger partial charge < -0.3 is 20.7 Å². The number of nitrogens with two attached hydrogens (primary N) is 1. The summed E-state index contributed by atoms with van der Waals surface area (Å²) in [4.78, 5) is 67.3. The summed E-state index contributed by atoms with van der Waals surface area (Å²) in [5.74, 6) is -0.378. The maximum absolute atomic E-state index is 14.2. The van der Waals surface area contributed by atoms with Gasteiger partial charge in [-0.25, -0.2) is 19.7 Å². The summed E-state index contributed by atoms with van der Waals surface area (Å²) < 4.78 is 7.37. The smallest absolute Gasteiger partial charge is 0.330 e. The van der Waals surface area contributed by atoms with E-state index in [4.69, 9.17) is 10.5 Å². The summed E-state index contributed by atoms with van der Waals surface area (Å²) >= 11 is 3.37. The summed E-state index contributed by atoms with van der Waals surface area (Å²) in [7, 11) is 0. The molecule has 50 heavy (non-hydrogen) atoms. The van der Waals surface area contributed by atoms with Gasteiger partial charge in [0.2, 0.25) is 11.8 Å². The predicted molar refractivity (Wildman–Crippen MR) is 190 cm³/mol. The summed E-state index contributed by atoms with van der Waals surface area (Å²) in [6.07, 6.45) is 6.77.